The molecule has 14 heavy (non-hydrogen) atoms. The summed E-state index contributed by atoms with van der Waals surface area (Å²) in [5, 5.41) is 0. The van der Waals surface area contributed by atoms with E-state index >= 15 is 0 Å². The predicted molar refractivity (Wildman–Crippen MR) is 50.2 cm³/mol. The van der Waals surface area contributed by atoms with Crippen molar-refractivity contribution in [2.75, 3.05) is 0 Å². The molecule has 0 aromatic carbocycles. The molecule has 0 saturated carbocycles. The van der Waals surface area contributed by atoms with Crippen LogP contribution in [0.4, 0.5) is 0 Å². The number of rotatable bonds is 2. The Hall–Kier alpha value is -1.75. The summed E-state index contributed by atoms with van der Waals surface area (Å²) in [5.41, 5.74) is 7.79. The van der Waals surface area contributed by atoms with Crippen molar-refractivity contribution in [1.29, 1.82) is 0 Å². The highest BCUT2D eigenvalue weighted by Gasteiger charge is 2.08. The van der Waals surface area contributed by atoms with Gasteiger partial charge in [-0.1, -0.05) is 0 Å². The third-order valence-corrected chi connectivity index (χ3v) is 1.91. The first kappa shape index (κ1) is 8.83. The molecule has 0 radical (unpaired) electrons. The molecule has 0 bridgehead atoms. The lowest BCUT2D eigenvalue weighted by Gasteiger charge is -1.98. The number of aryl methyl sites for hydroxylation is 1. The molecule has 5 nitrogen and oxygen atoms in total. The normalized spacial score (nSPS) is 10.4. The molecule has 0 atom stereocenters. The van der Waals surface area contributed by atoms with Gasteiger partial charge in [-0.15, -0.1) is 0 Å². The Morgan fingerprint density at radius 1 is 1.36 bits per heavy atom. The molecule has 0 fully saturated rings. The van der Waals surface area contributed by atoms with Gasteiger partial charge in [0.25, 0.3) is 0 Å². The Balaban J connectivity index is 2.47. The second-order valence-corrected chi connectivity index (χ2v) is 2.87. The Bertz CT molecular complexity index is 438. The number of hydrogen-bond acceptors (Lipinski definition) is 5. The van der Waals surface area contributed by atoms with E-state index in [2.05, 4.69) is 15.0 Å². The maximum Gasteiger partial charge on any atom is 0.181 e. The van der Waals surface area contributed by atoms with Gasteiger partial charge in [-0.05, 0) is 13.0 Å². The summed E-state index contributed by atoms with van der Waals surface area (Å²) in [7, 11) is 0. The zero-order chi connectivity index (χ0) is 9.97. The van der Waals surface area contributed by atoms with Crippen molar-refractivity contribution in [1.82, 2.24) is 15.0 Å². The Labute approximate surface area is 81.0 Å². The standard InChI is InChI=1S/C9H10N4O/c1-6-9(14-5-13-6)8-2-7(3-10)11-4-12-8/h2,4-5H,3,10H2,1H3. The van der Waals surface area contributed by atoms with Gasteiger partial charge in [0.05, 0.1) is 11.4 Å². The molecule has 0 aliphatic heterocycles. The number of aromatic nitrogens is 3. The van der Waals surface area contributed by atoms with Crippen LogP contribution < -0.4 is 5.73 Å². The highest BCUT2D eigenvalue weighted by molar-refractivity contribution is 5.54. The fraction of sp³-hybridized carbons (Fsp3) is 0.222. The fourth-order valence-electron chi connectivity index (χ4n) is 1.18. The molecule has 5 heteroatoms. The highest BCUT2D eigenvalue weighted by atomic mass is 16.3. The minimum atomic E-state index is 0.392. The van der Waals surface area contributed by atoms with Gasteiger partial charge in [-0.2, -0.15) is 0 Å². The van der Waals surface area contributed by atoms with E-state index in [-0.39, 0.29) is 0 Å². The zero-order valence-corrected chi connectivity index (χ0v) is 7.77. The largest absolute Gasteiger partial charge is 0.442 e. The van der Waals surface area contributed by atoms with Gasteiger partial charge in [-0.3, -0.25) is 0 Å². The lowest BCUT2D eigenvalue weighted by atomic mass is 10.2. The van der Waals surface area contributed by atoms with Crippen molar-refractivity contribution in [3.8, 4) is 11.5 Å². The summed E-state index contributed by atoms with van der Waals surface area (Å²) in [6, 6.07) is 1.80. The molecule has 0 aliphatic carbocycles. The maximum absolute atomic E-state index is 5.47. The third kappa shape index (κ3) is 1.49. The van der Waals surface area contributed by atoms with Gasteiger partial charge in [0.15, 0.2) is 12.2 Å². The van der Waals surface area contributed by atoms with E-state index in [1.807, 2.05) is 6.92 Å². The van der Waals surface area contributed by atoms with Crippen LogP contribution in [-0.2, 0) is 6.54 Å². The summed E-state index contributed by atoms with van der Waals surface area (Å²) in [6.45, 7) is 2.26. The summed E-state index contributed by atoms with van der Waals surface area (Å²) in [6.07, 6.45) is 2.87. The van der Waals surface area contributed by atoms with E-state index in [4.69, 9.17) is 10.2 Å². The molecule has 0 aliphatic rings. The molecule has 2 aromatic rings. The van der Waals surface area contributed by atoms with Crippen molar-refractivity contribution in [2.24, 2.45) is 5.73 Å². The minimum Gasteiger partial charge on any atom is -0.442 e. The van der Waals surface area contributed by atoms with E-state index in [1.54, 1.807) is 6.07 Å². The second kappa shape index (κ2) is 3.55. The Kier molecular flexibility index (Phi) is 2.24. The molecule has 0 amide bonds. The summed E-state index contributed by atoms with van der Waals surface area (Å²) in [5.74, 6) is 0.669. The Morgan fingerprint density at radius 3 is 2.86 bits per heavy atom. The van der Waals surface area contributed by atoms with E-state index in [0.29, 0.717) is 12.3 Å². The summed E-state index contributed by atoms with van der Waals surface area (Å²) in [4.78, 5) is 12.1. The van der Waals surface area contributed by atoms with Crippen molar-refractivity contribution in [2.45, 2.75) is 13.5 Å². The molecule has 2 rings (SSSR count). The zero-order valence-electron chi connectivity index (χ0n) is 7.77. The van der Waals surface area contributed by atoms with Crippen LogP contribution >= 0.6 is 0 Å². The van der Waals surface area contributed by atoms with Crippen molar-refractivity contribution >= 4 is 0 Å². The van der Waals surface area contributed by atoms with Crippen LogP contribution in [0, 0.1) is 6.92 Å². The first-order valence-corrected chi connectivity index (χ1v) is 4.22. The molecule has 2 aromatic heterocycles. The summed E-state index contributed by atoms with van der Waals surface area (Å²) < 4.78 is 5.21. The number of nitrogens with zero attached hydrogens (tertiary/aromatic N) is 3. The number of nitrogens with two attached hydrogens (primary N) is 1. The van der Waals surface area contributed by atoms with E-state index in [1.165, 1.54) is 12.7 Å². The molecule has 72 valence electrons. The highest BCUT2D eigenvalue weighted by Crippen LogP contribution is 2.19. The van der Waals surface area contributed by atoms with Gasteiger partial charge in [0, 0.05) is 6.54 Å². The third-order valence-electron chi connectivity index (χ3n) is 1.91. The Morgan fingerprint density at radius 2 is 2.21 bits per heavy atom. The quantitative estimate of drug-likeness (QED) is 0.761. The molecular weight excluding hydrogens is 180 g/mol. The van der Waals surface area contributed by atoms with Crippen molar-refractivity contribution < 1.29 is 4.42 Å². The molecule has 0 unspecified atom stereocenters. The van der Waals surface area contributed by atoms with Crippen LogP contribution in [0.25, 0.3) is 11.5 Å². The molecule has 2 heterocycles. The second-order valence-electron chi connectivity index (χ2n) is 2.87. The molecule has 2 N–H and O–H groups in total. The lowest BCUT2D eigenvalue weighted by Crippen LogP contribution is -2.00. The van der Waals surface area contributed by atoms with E-state index in [9.17, 15) is 0 Å². The smallest absolute Gasteiger partial charge is 0.181 e. The van der Waals surface area contributed by atoms with Crippen LogP contribution in [0.5, 0.6) is 0 Å². The fourth-order valence-corrected chi connectivity index (χ4v) is 1.18. The van der Waals surface area contributed by atoms with Gasteiger partial charge in [0.2, 0.25) is 0 Å². The van der Waals surface area contributed by atoms with Crippen LogP contribution in [0.3, 0.4) is 0 Å². The predicted octanol–water partition coefficient (Wildman–Crippen LogP) is 0.899. The van der Waals surface area contributed by atoms with Gasteiger partial charge in [-0.25, -0.2) is 15.0 Å². The van der Waals surface area contributed by atoms with Gasteiger partial charge < -0.3 is 10.2 Å². The topological polar surface area (TPSA) is 77.8 Å². The van der Waals surface area contributed by atoms with Crippen LogP contribution in [0.2, 0.25) is 0 Å². The first-order chi connectivity index (χ1) is 6.81. The van der Waals surface area contributed by atoms with Crippen molar-refractivity contribution in [3.63, 3.8) is 0 Å². The van der Waals surface area contributed by atoms with Crippen molar-refractivity contribution in [3.05, 3.63) is 30.2 Å². The average molecular weight is 190 g/mol. The lowest BCUT2D eigenvalue weighted by molar-refractivity contribution is 0.569. The maximum atomic E-state index is 5.47. The van der Waals surface area contributed by atoms with E-state index in [0.717, 1.165) is 17.1 Å². The van der Waals surface area contributed by atoms with E-state index < -0.39 is 0 Å². The molecule has 0 saturated heterocycles. The monoisotopic (exact) mass is 190 g/mol. The van der Waals surface area contributed by atoms with Gasteiger partial charge >= 0.3 is 0 Å². The molecular formula is C9H10N4O. The summed E-state index contributed by atoms with van der Waals surface area (Å²) >= 11 is 0. The average Bonchev–Trinajstić information content (AvgIpc) is 2.65. The van der Waals surface area contributed by atoms with Crippen LogP contribution in [0.15, 0.2) is 23.2 Å². The van der Waals surface area contributed by atoms with Gasteiger partial charge in [0.1, 0.15) is 12.0 Å². The number of oxazole rings is 1. The van der Waals surface area contributed by atoms with Crippen LogP contribution in [0.1, 0.15) is 11.4 Å². The minimum absolute atomic E-state index is 0.392. The number of hydrogen-bond donors (Lipinski definition) is 1. The van der Waals surface area contributed by atoms with Crippen LogP contribution in [-0.4, -0.2) is 15.0 Å². The SMILES string of the molecule is Cc1ncoc1-c1cc(CN)ncn1. The molecule has 0 spiro atoms. The first-order valence-electron chi connectivity index (χ1n) is 4.22.